The Kier molecular flexibility index (Phi) is 7.04. The van der Waals surface area contributed by atoms with Gasteiger partial charge in [0.05, 0.1) is 6.10 Å². The minimum Gasteiger partial charge on any atom is -0.381 e. The van der Waals surface area contributed by atoms with Gasteiger partial charge in [-0.05, 0) is 12.8 Å². The molecule has 1 saturated carbocycles. The molecule has 0 aromatic heterocycles. The van der Waals surface area contributed by atoms with Gasteiger partial charge in [-0.25, -0.2) is 0 Å². The van der Waals surface area contributed by atoms with E-state index >= 15 is 0 Å². The van der Waals surface area contributed by atoms with E-state index in [1.807, 2.05) is 21.0 Å². The maximum absolute atomic E-state index is 5.19. The van der Waals surface area contributed by atoms with Crippen LogP contribution in [0.1, 0.15) is 46.0 Å². The molecule has 0 saturated heterocycles. The summed E-state index contributed by atoms with van der Waals surface area (Å²) in [6.45, 7) is 4.00. The number of rotatable bonds is 1. The molecule has 0 unspecified atom stereocenters. The molecule has 0 aliphatic heterocycles. The van der Waals surface area contributed by atoms with E-state index in [4.69, 9.17) is 4.74 Å². The summed E-state index contributed by atoms with van der Waals surface area (Å²) >= 11 is 0. The maximum Gasteiger partial charge on any atom is 0.0571 e. The minimum atomic E-state index is 0.587. The average Bonchev–Trinajstić information content (AvgIpc) is 2.10. The minimum absolute atomic E-state index is 0.587. The van der Waals surface area contributed by atoms with Crippen molar-refractivity contribution in [2.45, 2.75) is 52.1 Å². The fourth-order valence-corrected chi connectivity index (χ4v) is 1.30. The van der Waals surface area contributed by atoms with Crippen LogP contribution in [0.15, 0.2) is 0 Å². The van der Waals surface area contributed by atoms with Crippen LogP contribution in [0.2, 0.25) is 0 Å². The van der Waals surface area contributed by atoms with Crippen LogP contribution in [-0.2, 0) is 4.74 Å². The summed E-state index contributed by atoms with van der Waals surface area (Å²) in [4.78, 5) is 0. The smallest absolute Gasteiger partial charge is 0.0571 e. The van der Waals surface area contributed by atoms with Gasteiger partial charge in [0.2, 0.25) is 0 Å². The van der Waals surface area contributed by atoms with Crippen LogP contribution >= 0.6 is 0 Å². The lowest BCUT2D eigenvalue weighted by atomic mass is 9.98. The van der Waals surface area contributed by atoms with Crippen LogP contribution in [0, 0.1) is 0 Å². The molecule has 1 heteroatoms. The van der Waals surface area contributed by atoms with Crippen LogP contribution in [0.5, 0.6) is 0 Å². The van der Waals surface area contributed by atoms with E-state index in [2.05, 4.69) is 0 Å². The van der Waals surface area contributed by atoms with Crippen molar-refractivity contribution < 1.29 is 4.74 Å². The molecule has 0 aromatic carbocycles. The Morgan fingerprint density at radius 3 is 1.80 bits per heavy atom. The van der Waals surface area contributed by atoms with E-state index in [1.165, 1.54) is 32.1 Å². The number of ether oxygens (including phenoxy) is 1. The molecule has 10 heavy (non-hydrogen) atoms. The van der Waals surface area contributed by atoms with Gasteiger partial charge in [0.15, 0.2) is 0 Å². The zero-order valence-corrected chi connectivity index (χ0v) is 7.52. The Morgan fingerprint density at radius 1 is 1.00 bits per heavy atom. The fourth-order valence-electron chi connectivity index (χ4n) is 1.30. The van der Waals surface area contributed by atoms with Crippen LogP contribution in [0.4, 0.5) is 0 Å². The third-order valence-electron chi connectivity index (χ3n) is 1.89. The molecule has 0 bridgehead atoms. The second-order valence-electron chi connectivity index (χ2n) is 2.50. The number of hydrogen-bond donors (Lipinski definition) is 0. The van der Waals surface area contributed by atoms with Gasteiger partial charge in [0.1, 0.15) is 0 Å². The van der Waals surface area contributed by atoms with Crippen molar-refractivity contribution in [1.29, 1.82) is 0 Å². The molecule has 62 valence electrons. The van der Waals surface area contributed by atoms with Crippen molar-refractivity contribution in [2.75, 3.05) is 7.11 Å². The molecular formula is C9H20O. The highest BCUT2D eigenvalue weighted by atomic mass is 16.5. The van der Waals surface area contributed by atoms with Crippen molar-refractivity contribution >= 4 is 0 Å². The second kappa shape index (κ2) is 7.07. The molecule has 0 spiro atoms. The summed E-state index contributed by atoms with van der Waals surface area (Å²) in [5.74, 6) is 0. The largest absolute Gasteiger partial charge is 0.381 e. The summed E-state index contributed by atoms with van der Waals surface area (Å²) in [6.07, 6.45) is 7.33. The number of hydrogen-bond acceptors (Lipinski definition) is 1. The van der Waals surface area contributed by atoms with Gasteiger partial charge in [0.25, 0.3) is 0 Å². The summed E-state index contributed by atoms with van der Waals surface area (Å²) < 4.78 is 5.19. The summed E-state index contributed by atoms with van der Waals surface area (Å²) in [7, 11) is 1.82. The molecule has 1 aliphatic rings. The Balaban J connectivity index is 0.000000371. The third-order valence-corrected chi connectivity index (χ3v) is 1.89. The predicted octanol–water partition coefficient (Wildman–Crippen LogP) is 2.99. The maximum atomic E-state index is 5.19. The predicted molar refractivity (Wildman–Crippen MR) is 45.2 cm³/mol. The van der Waals surface area contributed by atoms with Crippen molar-refractivity contribution in [1.82, 2.24) is 0 Å². The van der Waals surface area contributed by atoms with Gasteiger partial charge >= 0.3 is 0 Å². The summed E-state index contributed by atoms with van der Waals surface area (Å²) in [5, 5.41) is 0. The first-order chi connectivity index (χ1) is 4.93. The summed E-state index contributed by atoms with van der Waals surface area (Å²) in [5.41, 5.74) is 0. The average molecular weight is 144 g/mol. The van der Waals surface area contributed by atoms with Crippen molar-refractivity contribution in [3.05, 3.63) is 0 Å². The molecule has 1 aliphatic carbocycles. The molecule has 0 heterocycles. The molecule has 1 rings (SSSR count). The molecule has 1 nitrogen and oxygen atoms in total. The molecule has 1 fully saturated rings. The van der Waals surface area contributed by atoms with Gasteiger partial charge in [-0.1, -0.05) is 33.1 Å². The van der Waals surface area contributed by atoms with E-state index in [0.717, 1.165) is 0 Å². The lowest BCUT2D eigenvalue weighted by molar-refractivity contribution is 0.0710. The van der Waals surface area contributed by atoms with Gasteiger partial charge in [-0.3, -0.25) is 0 Å². The summed E-state index contributed by atoms with van der Waals surface area (Å²) in [6, 6.07) is 0. The van der Waals surface area contributed by atoms with Crippen LogP contribution in [-0.4, -0.2) is 13.2 Å². The lowest BCUT2D eigenvalue weighted by Gasteiger charge is -2.19. The monoisotopic (exact) mass is 144 g/mol. The molecule has 0 amide bonds. The highest BCUT2D eigenvalue weighted by Gasteiger charge is 2.10. The molecular weight excluding hydrogens is 124 g/mol. The lowest BCUT2D eigenvalue weighted by Crippen LogP contribution is -2.13. The van der Waals surface area contributed by atoms with E-state index in [1.54, 1.807) is 0 Å². The van der Waals surface area contributed by atoms with Crippen molar-refractivity contribution in [3.63, 3.8) is 0 Å². The van der Waals surface area contributed by atoms with Crippen LogP contribution in [0.25, 0.3) is 0 Å². The first-order valence-corrected chi connectivity index (χ1v) is 4.46. The zero-order valence-electron chi connectivity index (χ0n) is 7.52. The van der Waals surface area contributed by atoms with E-state index < -0.39 is 0 Å². The second-order valence-corrected chi connectivity index (χ2v) is 2.50. The zero-order chi connectivity index (χ0) is 7.82. The third kappa shape index (κ3) is 3.89. The topological polar surface area (TPSA) is 9.23 Å². The van der Waals surface area contributed by atoms with Crippen LogP contribution in [0.3, 0.4) is 0 Å². The Hall–Kier alpha value is -0.0400. The van der Waals surface area contributed by atoms with Gasteiger partial charge in [-0.2, -0.15) is 0 Å². The SMILES string of the molecule is CC.COC1CCCCC1. The first kappa shape index (κ1) is 9.96. The van der Waals surface area contributed by atoms with Gasteiger partial charge in [-0.15, -0.1) is 0 Å². The molecule has 0 atom stereocenters. The van der Waals surface area contributed by atoms with E-state index in [-0.39, 0.29) is 0 Å². The quantitative estimate of drug-likeness (QED) is 0.549. The Morgan fingerprint density at radius 2 is 1.50 bits per heavy atom. The van der Waals surface area contributed by atoms with Gasteiger partial charge in [0, 0.05) is 7.11 Å². The van der Waals surface area contributed by atoms with Crippen molar-refractivity contribution in [2.24, 2.45) is 0 Å². The van der Waals surface area contributed by atoms with E-state index in [0.29, 0.717) is 6.10 Å². The van der Waals surface area contributed by atoms with Crippen molar-refractivity contribution in [3.8, 4) is 0 Å². The first-order valence-electron chi connectivity index (χ1n) is 4.46. The van der Waals surface area contributed by atoms with Crippen LogP contribution < -0.4 is 0 Å². The molecule has 0 aromatic rings. The number of methoxy groups -OCH3 is 1. The molecule has 0 N–H and O–H groups in total. The van der Waals surface area contributed by atoms with E-state index in [9.17, 15) is 0 Å². The highest BCUT2D eigenvalue weighted by Crippen LogP contribution is 2.18. The fraction of sp³-hybridized carbons (Fsp3) is 1.00. The standard InChI is InChI=1S/C7H14O.C2H6/c1-8-7-5-3-2-4-6-7;1-2/h7H,2-6H2,1H3;1-2H3. The Bertz CT molecular complexity index is 55.7. The van der Waals surface area contributed by atoms with Gasteiger partial charge < -0.3 is 4.74 Å². The highest BCUT2D eigenvalue weighted by molar-refractivity contribution is 4.63. The molecule has 0 radical (unpaired) electrons. The Labute approximate surface area is 64.8 Å². The normalized spacial score (nSPS) is 19.5.